The van der Waals surface area contributed by atoms with Gasteiger partial charge in [-0.25, -0.2) is 8.42 Å². The van der Waals surface area contributed by atoms with Gasteiger partial charge in [0.05, 0.1) is 11.5 Å². The first-order chi connectivity index (χ1) is 10.00. The van der Waals surface area contributed by atoms with Crippen LogP contribution in [0.5, 0.6) is 5.75 Å². The number of ether oxygens (including phenoxy) is 1. The zero-order valence-corrected chi connectivity index (χ0v) is 12.4. The third-order valence-corrected chi connectivity index (χ3v) is 4.93. The highest BCUT2D eigenvalue weighted by atomic mass is 32.2. The van der Waals surface area contributed by atoms with Crippen LogP contribution in [-0.4, -0.2) is 33.4 Å². The van der Waals surface area contributed by atoms with E-state index in [1.807, 2.05) is 0 Å². The van der Waals surface area contributed by atoms with Crippen LogP contribution in [-0.2, 0) is 9.84 Å². The first-order valence-corrected chi connectivity index (χ1v) is 8.53. The Morgan fingerprint density at radius 1 is 1.24 bits per heavy atom. The van der Waals surface area contributed by atoms with E-state index in [0.29, 0.717) is 18.4 Å². The Bertz CT molecular complexity index is 540. The van der Waals surface area contributed by atoms with Gasteiger partial charge in [0.15, 0.2) is 0 Å². The number of piperidine rings is 1. The van der Waals surface area contributed by atoms with Crippen LogP contribution in [0.3, 0.4) is 0 Å². The third-order valence-electron chi connectivity index (χ3n) is 3.53. The summed E-state index contributed by atoms with van der Waals surface area (Å²) in [6.45, 7) is 1.55. The van der Waals surface area contributed by atoms with Crippen molar-refractivity contribution in [3.8, 4) is 5.75 Å². The Morgan fingerprint density at radius 3 is 2.52 bits per heavy atom. The average Bonchev–Trinajstić information content (AvgIpc) is 2.49. The third kappa shape index (κ3) is 4.38. The van der Waals surface area contributed by atoms with E-state index in [9.17, 15) is 17.2 Å². The number of sulfone groups is 1. The van der Waals surface area contributed by atoms with Gasteiger partial charge in [-0.3, -0.25) is 0 Å². The van der Waals surface area contributed by atoms with Gasteiger partial charge in [-0.05, 0) is 50.1 Å². The number of hydrogen-bond acceptors (Lipinski definition) is 4. The summed E-state index contributed by atoms with van der Waals surface area (Å²) in [6, 6.07) is 5.57. The van der Waals surface area contributed by atoms with Crippen molar-refractivity contribution in [3.63, 3.8) is 0 Å². The summed E-state index contributed by atoms with van der Waals surface area (Å²) >= 11 is 0. The summed E-state index contributed by atoms with van der Waals surface area (Å²) in [6.07, 6.45) is 4.43. The molecule has 0 radical (unpaired) electrons. The fourth-order valence-electron chi connectivity index (χ4n) is 2.32. The van der Waals surface area contributed by atoms with Gasteiger partial charge in [-0.1, -0.05) is 6.42 Å². The predicted molar refractivity (Wildman–Crippen MR) is 75.4 cm³/mol. The molecule has 1 unspecified atom stereocenters. The maximum atomic E-state index is 12.4. The normalized spacial score (nSPS) is 19.7. The summed E-state index contributed by atoms with van der Waals surface area (Å²) in [4.78, 5) is -0.390. The van der Waals surface area contributed by atoms with Crippen LogP contribution in [0.15, 0.2) is 29.2 Å². The zero-order valence-electron chi connectivity index (χ0n) is 11.6. The van der Waals surface area contributed by atoms with Gasteiger partial charge in [-0.15, -0.1) is 0 Å². The van der Waals surface area contributed by atoms with Crippen LogP contribution in [0, 0.1) is 0 Å². The standard InChI is InChI=1S/C14H19F2NO3S/c15-14(16)21(18,19)13-6-4-12(5-7-13)20-10-8-11-3-1-2-9-17-11/h4-7,11,14,17H,1-3,8-10H2. The van der Waals surface area contributed by atoms with Crippen molar-refractivity contribution < 1.29 is 21.9 Å². The minimum atomic E-state index is -4.53. The molecule has 1 aromatic rings. The maximum Gasteiger partial charge on any atom is 0.341 e. The lowest BCUT2D eigenvalue weighted by atomic mass is 10.0. The Kier molecular flexibility index (Phi) is 5.52. The van der Waals surface area contributed by atoms with Crippen LogP contribution in [0.1, 0.15) is 25.7 Å². The topological polar surface area (TPSA) is 55.4 Å². The molecule has 7 heteroatoms. The van der Waals surface area contributed by atoms with Crippen molar-refractivity contribution in [2.24, 2.45) is 0 Å². The van der Waals surface area contributed by atoms with Crippen LogP contribution in [0.4, 0.5) is 8.78 Å². The fourth-order valence-corrected chi connectivity index (χ4v) is 3.04. The monoisotopic (exact) mass is 319 g/mol. The molecule has 2 rings (SSSR count). The molecule has 0 aliphatic carbocycles. The van der Waals surface area contributed by atoms with E-state index in [4.69, 9.17) is 4.74 Å². The molecule has 0 saturated carbocycles. The zero-order chi connectivity index (χ0) is 15.3. The molecule has 0 spiro atoms. The lowest BCUT2D eigenvalue weighted by Gasteiger charge is -2.23. The minimum Gasteiger partial charge on any atom is -0.494 e. The van der Waals surface area contributed by atoms with Gasteiger partial charge in [0.1, 0.15) is 5.75 Å². The van der Waals surface area contributed by atoms with Crippen LogP contribution < -0.4 is 10.1 Å². The second-order valence-electron chi connectivity index (χ2n) is 5.06. The van der Waals surface area contributed by atoms with Crippen molar-refractivity contribution >= 4 is 9.84 Å². The average molecular weight is 319 g/mol. The molecule has 1 heterocycles. The molecule has 118 valence electrons. The lowest BCUT2D eigenvalue weighted by Crippen LogP contribution is -2.35. The van der Waals surface area contributed by atoms with Gasteiger partial charge in [0.25, 0.3) is 0 Å². The molecule has 1 aromatic carbocycles. The van der Waals surface area contributed by atoms with E-state index in [2.05, 4.69) is 5.32 Å². The van der Waals surface area contributed by atoms with Crippen molar-refractivity contribution in [1.29, 1.82) is 0 Å². The van der Waals surface area contributed by atoms with Crippen molar-refractivity contribution in [1.82, 2.24) is 5.32 Å². The van der Waals surface area contributed by atoms with E-state index in [1.165, 1.54) is 25.0 Å². The summed E-state index contributed by atoms with van der Waals surface area (Å²) in [5.41, 5.74) is 0. The highest BCUT2D eigenvalue weighted by molar-refractivity contribution is 7.91. The molecule has 0 bridgehead atoms. The number of hydrogen-bond donors (Lipinski definition) is 1. The molecule has 0 aromatic heterocycles. The van der Waals surface area contributed by atoms with Crippen LogP contribution >= 0.6 is 0 Å². The molecule has 1 saturated heterocycles. The van der Waals surface area contributed by atoms with E-state index in [-0.39, 0.29) is 0 Å². The highest BCUT2D eigenvalue weighted by Gasteiger charge is 2.26. The first-order valence-electron chi connectivity index (χ1n) is 6.98. The van der Waals surface area contributed by atoms with E-state index in [1.54, 1.807) is 0 Å². The van der Waals surface area contributed by atoms with Gasteiger partial charge >= 0.3 is 5.76 Å². The Labute approximate surface area is 123 Å². The first kappa shape index (κ1) is 16.2. The van der Waals surface area contributed by atoms with Crippen LogP contribution in [0.25, 0.3) is 0 Å². The Balaban J connectivity index is 1.85. The summed E-state index contributed by atoms with van der Waals surface area (Å²) < 4.78 is 52.8. The fraction of sp³-hybridized carbons (Fsp3) is 0.571. The summed E-state index contributed by atoms with van der Waals surface area (Å²) in [7, 11) is -4.53. The number of rotatable bonds is 6. The second kappa shape index (κ2) is 7.17. The smallest absolute Gasteiger partial charge is 0.341 e. The molecule has 4 nitrogen and oxygen atoms in total. The van der Waals surface area contributed by atoms with Crippen molar-refractivity contribution in [2.75, 3.05) is 13.2 Å². The number of benzene rings is 1. The molecule has 1 N–H and O–H groups in total. The van der Waals surface area contributed by atoms with E-state index >= 15 is 0 Å². The quantitative estimate of drug-likeness (QED) is 0.876. The molecule has 21 heavy (non-hydrogen) atoms. The molecule has 0 amide bonds. The van der Waals surface area contributed by atoms with E-state index < -0.39 is 20.5 Å². The predicted octanol–water partition coefficient (Wildman–Crippen LogP) is 2.59. The molecule has 1 aliphatic rings. The molecular weight excluding hydrogens is 300 g/mol. The summed E-state index contributed by atoms with van der Waals surface area (Å²) in [5.74, 6) is -2.92. The number of nitrogens with one attached hydrogen (secondary N) is 1. The molecule has 1 atom stereocenters. The van der Waals surface area contributed by atoms with Gasteiger partial charge in [0.2, 0.25) is 9.84 Å². The van der Waals surface area contributed by atoms with Gasteiger partial charge < -0.3 is 10.1 Å². The number of alkyl halides is 2. The molecule has 1 fully saturated rings. The summed E-state index contributed by atoms with van der Waals surface area (Å²) in [5, 5.41) is 3.40. The van der Waals surface area contributed by atoms with Crippen molar-refractivity contribution in [3.05, 3.63) is 24.3 Å². The maximum absolute atomic E-state index is 12.4. The molecular formula is C14H19F2NO3S. The SMILES string of the molecule is O=S(=O)(c1ccc(OCCC2CCCCN2)cc1)C(F)F. The number of halogens is 2. The largest absolute Gasteiger partial charge is 0.494 e. The Morgan fingerprint density at radius 2 is 1.95 bits per heavy atom. The molecule has 1 aliphatic heterocycles. The second-order valence-corrected chi connectivity index (χ2v) is 6.98. The Hall–Kier alpha value is -1.21. The lowest BCUT2D eigenvalue weighted by molar-refractivity contribution is 0.234. The highest BCUT2D eigenvalue weighted by Crippen LogP contribution is 2.21. The minimum absolute atomic E-state index is 0.390. The van der Waals surface area contributed by atoms with E-state index in [0.717, 1.165) is 31.5 Å². The van der Waals surface area contributed by atoms with Crippen LogP contribution in [0.2, 0.25) is 0 Å². The van der Waals surface area contributed by atoms with Crippen molar-refractivity contribution in [2.45, 2.75) is 42.4 Å². The van der Waals surface area contributed by atoms with Gasteiger partial charge in [0, 0.05) is 6.04 Å². The van der Waals surface area contributed by atoms with Gasteiger partial charge in [-0.2, -0.15) is 8.78 Å².